The second kappa shape index (κ2) is 9.96. The van der Waals surface area contributed by atoms with E-state index in [0.717, 1.165) is 58.5 Å². The molecule has 7 nitrogen and oxygen atoms in total. The Labute approximate surface area is 145 Å². The summed E-state index contributed by atoms with van der Waals surface area (Å²) in [6.07, 6.45) is 3.76. The Morgan fingerprint density at radius 2 is 2.21 bits per heavy atom. The third-order valence-electron chi connectivity index (χ3n) is 4.98. The van der Waals surface area contributed by atoms with Crippen molar-refractivity contribution in [3.63, 3.8) is 0 Å². The number of hydrogen-bond donors (Lipinski definition) is 2. The number of nitrogens with zero attached hydrogens (tertiary/aromatic N) is 2. The molecule has 2 atom stereocenters. The fourth-order valence-electron chi connectivity index (χ4n) is 3.51. The molecular formula is C17H32N4O3. The second-order valence-electron chi connectivity index (χ2n) is 6.73. The van der Waals surface area contributed by atoms with E-state index in [-0.39, 0.29) is 17.9 Å². The molecule has 138 valence electrons. The summed E-state index contributed by atoms with van der Waals surface area (Å²) in [5.41, 5.74) is 0. The number of rotatable bonds is 7. The largest absolute Gasteiger partial charge is 0.383 e. The zero-order chi connectivity index (χ0) is 17.4. The van der Waals surface area contributed by atoms with Gasteiger partial charge in [0, 0.05) is 45.9 Å². The van der Waals surface area contributed by atoms with Crippen molar-refractivity contribution >= 4 is 11.8 Å². The molecule has 2 aliphatic rings. The molecule has 2 N–H and O–H groups in total. The summed E-state index contributed by atoms with van der Waals surface area (Å²) in [6.45, 7) is 7.69. The van der Waals surface area contributed by atoms with Crippen LogP contribution in [-0.2, 0) is 14.3 Å². The van der Waals surface area contributed by atoms with Crippen molar-refractivity contribution in [3.05, 3.63) is 0 Å². The standard InChI is InChI=1S/C17H32N4O3/c1-3-14-12-20(8-9-21(14)10-11-24-2)13-16(22)19-15-6-4-5-7-18-17(15)23/h14-15H,3-13H2,1-2H3,(H,18,23)(H,19,22). The summed E-state index contributed by atoms with van der Waals surface area (Å²) in [5.74, 6) is -0.0890. The van der Waals surface area contributed by atoms with Crippen LogP contribution in [0, 0.1) is 0 Å². The van der Waals surface area contributed by atoms with E-state index in [2.05, 4.69) is 27.4 Å². The number of hydrogen-bond acceptors (Lipinski definition) is 5. The monoisotopic (exact) mass is 340 g/mol. The van der Waals surface area contributed by atoms with Gasteiger partial charge in [-0.15, -0.1) is 0 Å². The minimum Gasteiger partial charge on any atom is -0.383 e. The summed E-state index contributed by atoms with van der Waals surface area (Å²) >= 11 is 0. The van der Waals surface area contributed by atoms with Crippen LogP contribution >= 0.6 is 0 Å². The molecule has 2 rings (SSSR count). The van der Waals surface area contributed by atoms with Crippen LogP contribution in [0.15, 0.2) is 0 Å². The SMILES string of the molecule is CCC1CN(CC(=O)NC2CCCCNC2=O)CCN1CCOC. The molecule has 0 saturated carbocycles. The number of ether oxygens (including phenoxy) is 1. The van der Waals surface area contributed by atoms with Gasteiger partial charge in [-0.05, 0) is 25.7 Å². The predicted octanol–water partition coefficient (Wildman–Crippen LogP) is -0.186. The number of carbonyl (C=O) groups is 2. The van der Waals surface area contributed by atoms with Crippen LogP contribution in [0.2, 0.25) is 0 Å². The minimum atomic E-state index is -0.370. The lowest BCUT2D eigenvalue weighted by atomic mass is 10.1. The third-order valence-corrected chi connectivity index (χ3v) is 4.98. The number of piperazine rings is 1. The van der Waals surface area contributed by atoms with E-state index in [4.69, 9.17) is 4.74 Å². The molecule has 0 aromatic carbocycles. The molecule has 0 aromatic rings. The van der Waals surface area contributed by atoms with Gasteiger partial charge in [0.15, 0.2) is 0 Å². The highest BCUT2D eigenvalue weighted by molar-refractivity contribution is 5.88. The molecule has 0 radical (unpaired) electrons. The van der Waals surface area contributed by atoms with Gasteiger partial charge in [0.25, 0.3) is 0 Å². The van der Waals surface area contributed by atoms with E-state index in [1.807, 2.05) is 0 Å². The minimum absolute atomic E-state index is 0.0442. The Kier molecular flexibility index (Phi) is 7.94. The summed E-state index contributed by atoms with van der Waals surface area (Å²) in [6, 6.07) is 0.0906. The molecule has 2 heterocycles. The van der Waals surface area contributed by atoms with E-state index in [0.29, 0.717) is 19.1 Å². The number of methoxy groups -OCH3 is 1. The first-order valence-electron chi connectivity index (χ1n) is 9.16. The van der Waals surface area contributed by atoms with Crippen molar-refractivity contribution in [1.82, 2.24) is 20.4 Å². The number of carbonyl (C=O) groups excluding carboxylic acids is 2. The maximum Gasteiger partial charge on any atom is 0.242 e. The average molecular weight is 340 g/mol. The quantitative estimate of drug-likeness (QED) is 0.672. The molecule has 0 spiro atoms. The zero-order valence-electron chi connectivity index (χ0n) is 15.1. The molecule has 2 amide bonds. The van der Waals surface area contributed by atoms with Crippen LogP contribution in [0.4, 0.5) is 0 Å². The van der Waals surface area contributed by atoms with Gasteiger partial charge < -0.3 is 15.4 Å². The molecule has 24 heavy (non-hydrogen) atoms. The molecule has 2 saturated heterocycles. The summed E-state index contributed by atoms with van der Waals surface area (Å²) in [5, 5.41) is 5.77. The first-order valence-corrected chi connectivity index (χ1v) is 9.16. The number of amides is 2. The first kappa shape index (κ1) is 19.1. The fraction of sp³-hybridized carbons (Fsp3) is 0.882. The average Bonchev–Trinajstić information content (AvgIpc) is 2.78. The molecular weight excluding hydrogens is 308 g/mol. The highest BCUT2D eigenvalue weighted by Gasteiger charge is 2.28. The molecule has 0 bridgehead atoms. The normalized spacial score (nSPS) is 26.7. The van der Waals surface area contributed by atoms with Crippen molar-refractivity contribution in [2.24, 2.45) is 0 Å². The molecule has 7 heteroatoms. The van der Waals surface area contributed by atoms with Gasteiger partial charge in [0.1, 0.15) is 6.04 Å². The van der Waals surface area contributed by atoms with Crippen molar-refractivity contribution < 1.29 is 14.3 Å². The van der Waals surface area contributed by atoms with E-state index >= 15 is 0 Å². The number of nitrogens with one attached hydrogen (secondary N) is 2. The zero-order valence-corrected chi connectivity index (χ0v) is 15.1. The van der Waals surface area contributed by atoms with E-state index in [1.165, 1.54) is 0 Å². The van der Waals surface area contributed by atoms with Gasteiger partial charge in [0.05, 0.1) is 13.2 Å². The highest BCUT2D eigenvalue weighted by Crippen LogP contribution is 2.12. The maximum atomic E-state index is 12.3. The third kappa shape index (κ3) is 5.72. The Balaban J connectivity index is 1.78. The van der Waals surface area contributed by atoms with Gasteiger partial charge in [-0.3, -0.25) is 19.4 Å². The van der Waals surface area contributed by atoms with Gasteiger partial charge in [-0.25, -0.2) is 0 Å². The van der Waals surface area contributed by atoms with Crippen LogP contribution in [0.3, 0.4) is 0 Å². The van der Waals surface area contributed by atoms with E-state index in [1.54, 1.807) is 7.11 Å². The van der Waals surface area contributed by atoms with E-state index in [9.17, 15) is 9.59 Å². The van der Waals surface area contributed by atoms with Crippen LogP contribution in [0.5, 0.6) is 0 Å². The smallest absolute Gasteiger partial charge is 0.242 e. The van der Waals surface area contributed by atoms with Gasteiger partial charge in [0.2, 0.25) is 11.8 Å². The Morgan fingerprint density at radius 1 is 1.38 bits per heavy atom. The van der Waals surface area contributed by atoms with Gasteiger partial charge in [-0.2, -0.15) is 0 Å². The lowest BCUT2D eigenvalue weighted by Crippen LogP contribution is -2.56. The van der Waals surface area contributed by atoms with Crippen molar-refractivity contribution in [3.8, 4) is 0 Å². The lowest BCUT2D eigenvalue weighted by Gasteiger charge is -2.41. The molecule has 2 fully saturated rings. The topological polar surface area (TPSA) is 73.9 Å². The highest BCUT2D eigenvalue weighted by atomic mass is 16.5. The maximum absolute atomic E-state index is 12.3. The Hall–Kier alpha value is -1.18. The predicted molar refractivity (Wildman–Crippen MR) is 92.8 cm³/mol. The molecule has 2 unspecified atom stereocenters. The van der Waals surface area contributed by atoms with Crippen molar-refractivity contribution in [2.75, 3.05) is 53.0 Å². The second-order valence-corrected chi connectivity index (χ2v) is 6.73. The van der Waals surface area contributed by atoms with Crippen LogP contribution < -0.4 is 10.6 Å². The van der Waals surface area contributed by atoms with Gasteiger partial charge >= 0.3 is 0 Å². The van der Waals surface area contributed by atoms with Crippen molar-refractivity contribution in [2.45, 2.75) is 44.7 Å². The fourth-order valence-corrected chi connectivity index (χ4v) is 3.51. The molecule has 0 aliphatic carbocycles. The summed E-state index contributed by atoms with van der Waals surface area (Å²) in [4.78, 5) is 28.9. The summed E-state index contributed by atoms with van der Waals surface area (Å²) in [7, 11) is 1.73. The Bertz CT molecular complexity index is 419. The summed E-state index contributed by atoms with van der Waals surface area (Å²) < 4.78 is 5.18. The van der Waals surface area contributed by atoms with E-state index < -0.39 is 0 Å². The first-order chi connectivity index (χ1) is 11.6. The molecule has 0 aromatic heterocycles. The lowest BCUT2D eigenvalue weighted by molar-refractivity contribution is -0.129. The van der Waals surface area contributed by atoms with Crippen LogP contribution in [0.1, 0.15) is 32.6 Å². The van der Waals surface area contributed by atoms with Gasteiger partial charge in [-0.1, -0.05) is 6.92 Å². The molecule has 2 aliphatic heterocycles. The van der Waals surface area contributed by atoms with Crippen LogP contribution in [0.25, 0.3) is 0 Å². The van der Waals surface area contributed by atoms with Crippen LogP contribution in [-0.4, -0.2) is 86.7 Å². The van der Waals surface area contributed by atoms with Crippen molar-refractivity contribution in [1.29, 1.82) is 0 Å². The Morgan fingerprint density at radius 3 is 2.96 bits per heavy atom.